The highest BCUT2D eigenvalue weighted by Gasteiger charge is 2.27. The minimum atomic E-state index is -0.602. The first-order chi connectivity index (χ1) is 9.69. The van der Waals surface area contributed by atoms with E-state index in [2.05, 4.69) is 0 Å². The van der Waals surface area contributed by atoms with Gasteiger partial charge in [-0.15, -0.1) is 0 Å². The third kappa shape index (κ3) is 2.17. The van der Waals surface area contributed by atoms with Gasteiger partial charge in [-0.05, 0) is 30.3 Å². The molecule has 0 saturated carbocycles. The standard InChI is InChI=1S/C15H9ClFNO2/c16-9-4-5-13-10(6-9)15(8-19-13)20-14-3-1-2-12(17)11(14)7-18/h1-6,15H,8H2. The lowest BCUT2D eigenvalue weighted by Gasteiger charge is -2.14. The number of benzene rings is 2. The molecule has 100 valence electrons. The largest absolute Gasteiger partial charge is 0.489 e. The van der Waals surface area contributed by atoms with Crippen LogP contribution in [0.3, 0.4) is 0 Å². The van der Waals surface area contributed by atoms with Crippen LogP contribution in [0.25, 0.3) is 0 Å². The Hall–Kier alpha value is -2.25. The summed E-state index contributed by atoms with van der Waals surface area (Å²) < 4.78 is 24.7. The molecule has 0 fully saturated rings. The van der Waals surface area contributed by atoms with Crippen molar-refractivity contribution in [3.63, 3.8) is 0 Å². The van der Waals surface area contributed by atoms with Crippen LogP contribution in [0.15, 0.2) is 36.4 Å². The summed E-state index contributed by atoms with van der Waals surface area (Å²) in [5, 5.41) is 9.56. The summed E-state index contributed by atoms with van der Waals surface area (Å²) in [5.74, 6) is 0.290. The first-order valence-corrected chi connectivity index (χ1v) is 6.34. The van der Waals surface area contributed by atoms with Crippen LogP contribution in [0.2, 0.25) is 5.02 Å². The van der Waals surface area contributed by atoms with Gasteiger partial charge in [-0.3, -0.25) is 0 Å². The molecular weight excluding hydrogens is 281 g/mol. The number of fused-ring (bicyclic) bond motifs is 1. The SMILES string of the molecule is N#Cc1c(F)cccc1OC1COc2ccc(Cl)cc21. The Morgan fingerprint density at radius 3 is 3.00 bits per heavy atom. The van der Waals surface area contributed by atoms with E-state index < -0.39 is 11.9 Å². The number of hydrogen-bond acceptors (Lipinski definition) is 3. The number of rotatable bonds is 2. The van der Waals surface area contributed by atoms with Crippen LogP contribution in [-0.4, -0.2) is 6.61 Å². The lowest BCUT2D eigenvalue weighted by atomic mass is 10.1. The monoisotopic (exact) mass is 289 g/mol. The molecule has 3 rings (SSSR count). The quantitative estimate of drug-likeness (QED) is 0.843. The lowest BCUT2D eigenvalue weighted by molar-refractivity contribution is 0.162. The molecule has 1 unspecified atom stereocenters. The van der Waals surface area contributed by atoms with Crippen molar-refractivity contribution in [2.45, 2.75) is 6.10 Å². The molecule has 1 atom stereocenters. The zero-order chi connectivity index (χ0) is 14.1. The van der Waals surface area contributed by atoms with Crippen molar-refractivity contribution >= 4 is 11.6 Å². The molecule has 3 nitrogen and oxygen atoms in total. The van der Waals surface area contributed by atoms with E-state index in [0.29, 0.717) is 17.4 Å². The summed E-state index contributed by atoms with van der Waals surface area (Å²) in [6.07, 6.45) is -0.405. The van der Waals surface area contributed by atoms with Crippen LogP contribution >= 0.6 is 11.6 Å². The summed E-state index contributed by atoms with van der Waals surface area (Å²) >= 11 is 5.95. The molecule has 20 heavy (non-hydrogen) atoms. The molecule has 2 aromatic rings. The van der Waals surface area contributed by atoms with E-state index in [0.717, 1.165) is 5.56 Å². The molecule has 2 aromatic carbocycles. The number of ether oxygens (including phenoxy) is 2. The van der Waals surface area contributed by atoms with Crippen LogP contribution in [0, 0.1) is 17.1 Å². The van der Waals surface area contributed by atoms with Crippen molar-refractivity contribution < 1.29 is 13.9 Å². The molecule has 0 radical (unpaired) electrons. The molecule has 0 aromatic heterocycles. The number of halogens is 2. The van der Waals surface area contributed by atoms with Crippen LogP contribution < -0.4 is 9.47 Å². The second kappa shape index (κ2) is 5.03. The highest BCUT2D eigenvalue weighted by molar-refractivity contribution is 6.30. The summed E-state index contributed by atoms with van der Waals surface area (Å²) in [6.45, 7) is 0.303. The number of hydrogen-bond donors (Lipinski definition) is 0. The molecule has 0 saturated heterocycles. The Bertz CT molecular complexity index is 712. The molecule has 0 bridgehead atoms. The summed E-state index contributed by atoms with van der Waals surface area (Å²) in [6, 6.07) is 11.3. The van der Waals surface area contributed by atoms with Gasteiger partial charge in [-0.1, -0.05) is 17.7 Å². The summed E-state index contributed by atoms with van der Waals surface area (Å²) in [4.78, 5) is 0. The Kier molecular flexibility index (Phi) is 3.21. The molecule has 0 N–H and O–H groups in total. The zero-order valence-electron chi connectivity index (χ0n) is 10.3. The molecule has 0 amide bonds. The van der Waals surface area contributed by atoms with E-state index in [1.165, 1.54) is 12.1 Å². The van der Waals surface area contributed by atoms with Crippen molar-refractivity contribution in [2.75, 3.05) is 6.61 Å². The smallest absolute Gasteiger partial charge is 0.161 e. The highest BCUT2D eigenvalue weighted by Crippen LogP contribution is 2.37. The molecule has 1 heterocycles. The minimum absolute atomic E-state index is 0.108. The summed E-state index contributed by atoms with van der Waals surface area (Å²) in [5.41, 5.74) is 0.689. The predicted molar refractivity (Wildman–Crippen MR) is 71.4 cm³/mol. The maximum Gasteiger partial charge on any atom is 0.161 e. The van der Waals surface area contributed by atoms with E-state index in [1.807, 2.05) is 0 Å². The molecule has 5 heteroatoms. The summed E-state index contributed by atoms with van der Waals surface area (Å²) in [7, 11) is 0. The molecular formula is C15H9ClFNO2. The van der Waals surface area contributed by atoms with E-state index >= 15 is 0 Å². The van der Waals surface area contributed by atoms with Crippen LogP contribution in [0.4, 0.5) is 4.39 Å². The lowest BCUT2D eigenvalue weighted by Crippen LogP contribution is -2.10. The van der Waals surface area contributed by atoms with Gasteiger partial charge in [-0.25, -0.2) is 4.39 Å². The topological polar surface area (TPSA) is 42.2 Å². The van der Waals surface area contributed by atoms with Gasteiger partial charge in [0.2, 0.25) is 0 Å². The van der Waals surface area contributed by atoms with E-state index in [1.54, 1.807) is 30.3 Å². The van der Waals surface area contributed by atoms with Crippen molar-refractivity contribution in [3.8, 4) is 17.6 Å². The van der Waals surface area contributed by atoms with Gasteiger partial charge in [-0.2, -0.15) is 5.26 Å². The fourth-order valence-corrected chi connectivity index (χ4v) is 2.30. The van der Waals surface area contributed by atoms with Crippen molar-refractivity contribution in [2.24, 2.45) is 0 Å². The average molecular weight is 290 g/mol. The number of nitriles is 1. The molecule has 0 aliphatic carbocycles. The van der Waals surface area contributed by atoms with Crippen LogP contribution in [0.5, 0.6) is 11.5 Å². The third-order valence-electron chi connectivity index (χ3n) is 3.07. The number of nitrogens with zero attached hydrogens (tertiary/aromatic N) is 1. The van der Waals surface area contributed by atoms with E-state index in [9.17, 15) is 4.39 Å². The van der Waals surface area contributed by atoms with Crippen molar-refractivity contribution in [1.29, 1.82) is 5.26 Å². The van der Waals surface area contributed by atoms with Crippen molar-refractivity contribution in [1.82, 2.24) is 0 Å². The maximum atomic E-state index is 13.5. The second-order valence-corrected chi connectivity index (χ2v) is 4.76. The van der Waals surface area contributed by atoms with Gasteiger partial charge in [0, 0.05) is 10.6 Å². The fraction of sp³-hybridized carbons (Fsp3) is 0.133. The first-order valence-electron chi connectivity index (χ1n) is 5.96. The van der Waals surface area contributed by atoms with E-state index in [-0.39, 0.29) is 11.3 Å². The molecule has 0 spiro atoms. The van der Waals surface area contributed by atoms with Gasteiger partial charge < -0.3 is 9.47 Å². The Balaban J connectivity index is 1.94. The Morgan fingerprint density at radius 2 is 2.20 bits per heavy atom. The van der Waals surface area contributed by atoms with Gasteiger partial charge in [0.05, 0.1) is 0 Å². The Labute approximate surface area is 120 Å². The average Bonchev–Trinajstić information content (AvgIpc) is 2.82. The van der Waals surface area contributed by atoms with Crippen molar-refractivity contribution in [3.05, 3.63) is 58.4 Å². The molecule has 1 aliphatic rings. The third-order valence-corrected chi connectivity index (χ3v) is 3.30. The second-order valence-electron chi connectivity index (χ2n) is 4.32. The predicted octanol–water partition coefficient (Wildman–Crippen LogP) is 3.86. The fourth-order valence-electron chi connectivity index (χ4n) is 2.12. The zero-order valence-corrected chi connectivity index (χ0v) is 11.0. The minimum Gasteiger partial charge on any atom is -0.489 e. The van der Waals surface area contributed by atoms with E-state index in [4.69, 9.17) is 26.3 Å². The van der Waals surface area contributed by atoms with Gasteiger partial charge in [0.1, 0.15) is 35.6 Å². The van der Waals surface area contributed by atoms with Crippen LogP contribution in [0.1, 0.15) is 17.2 Å². The highest BCUT2D eigenvalue weighted by atomic mass is 35.5. The van der Waals surface area contributed by atoms with Crippen LogP contribution in [-0.2, 0) is 0 Å². The normalized spacial score (nSPS) is 16.1. The van der Waals surface area contributed by atoms with Gasteiger partial charge in [0.25, 0.3) is 0 Å². The Morgan fingerprint density at radius 1 is 1.35 bits per heavy atom. The first kappa shape index (κ1) is 12.8. The maximum absolute atomic E-state index is 13.5. The molecule has 1 aliphatic heterocycles. The van der Waals surface area contributed by atoms with Gasteiger partial charge in [0.15, 0.2) is 6.10 Å². The van der Waals surface area contributed by atoms with Gasteiger partial charge >= 0.3 is 0 Å².